The van der Waals surface area contributed by atoms with Crippen molar-refractivity contribution in [3.05, 3.63) is 51.5 Å². The summed E-state index contributed by atoms with van der Waals surface area (Å²) < 4.78 is 0. The summed E-state index contributed by atoms with van der Waals surface area (Å²) in [5, 5.41) is 4.58. The molecule has 1 aromatic heterocycles. The summed E-state index contributed by atoms with van der Waals surface area (Å²) in [6, 6.07) is 7.53. The van der Waals surface area contributed by atoms with Crippen molar-refractivity contribution in [1.29, 1.82) is 0 Å². The molecule has 5 heteroatoms. The number of carbonyl (C=O) groups is 1. The summed E-state index contributed by atoms with van der Waals surface area (Å²) in [7, 11) is 0. The highest BCUT2D eigenvalue weighted by molar-refractivity contribution is 7.17. The zero-order chi connectivity index (χ0) is 16.9. The second-order valence-electron chi connectivity index (χ2n) is 6.05. The molecule has 0 aliphatic heterocycles. The van der Waals surface area contributed by atoms with Gasteiger partial charge in [-0.25, -0.2) is 4.98 Å². The first-order chi connectivity index (χ1) is 11.6. The molecule has 0 unspecified atom stereocenters. The fourth-order valence-electron chi connectivity index (χ4n) is 2.87. The lowest BCUT2D eigenvalue weighted by molar-refractivity contribution is 0.0957. The molecule has 2 aromatic rings. The summed E-state index contributed by atoms with van der Waals surface area (Å²) in [4.78, 5) is 17.6. The number of aryl methyl sites for hydroxylation is 1. The van der Waals surface area contributed by atoms with Crippen LogP contribution in [0, 0.1) is 6.92 Å². The zero-order valence-corrected chi connectivity index (χ0v) is 15.3. The van der Waals surface area contributed by atoms with E-state index in [1.165, 1.54) is 42.6 Å². The Morgan fingerprint density at radius 1 is 1.29 bits per heavy atom. The van der Waals surface area contributed by atoms with Gasteiger partial charge in [-0.1, -0.05) is 35.4 Å². The van der Waals surface area contributed by atoms with Gasteiger partial charge in [0.25, 0.3) is 5.91 Å². The van der Waals surface area contributed by atoms with Crippen molar-refractivity contribution in [2.75, 3.05) is 6.54 Å². The number of nitrogens with zero attached hydrogens (tertiary/aromatic N) is 1. The molecular formula is C19H21ClN2OS. The molecule has 0 spiro atoms. The Hall–Kier alpha value is -1.65. The molecule has 1 aliphatic rings. The molecule has 0 radical (unpaired) electrons. The van der Waals surface area contributed by atoms with Crippen LogP contribution in [0.5, 0.6) is 0 Å². The number of hydrogen-bond acceptors (Lipinski definition) is 3. The zero-order valence-electron chi connectivity index (χ0n) is 13.8. The average Bonchev–Trinajstić information content (AvgIpc) is 2.98. The minimum atomic E-state index is -0.0263. The van der Waals surface area contributed by atoms with Gasteiger partial charge in [0.05, 0.1) is 5.69 Å². The maximum Gasteiger partial charge on any atom is 0.263 e. The van der Waals surface area contributed by atoms with Crippen molar-refractivity contribution >= 4 is 28.8 Å². The lowest BCUT2D eigenvalue weighted by atomic mass is 9.97. The topological polar surface area (TPSA) is 42.0 Å². The second kappa shape index (κ2) is 7.95. The summed E-state index contributed by atoms with van der Waals surface area (Å²) in [5.41, 5.74) is 3.24. The third-order valence-corrected chi connectivity index (χ3v) is 5.67. The minimum absolute atomic E-state index is 0.0263. The van der Waals surface area contributed by atoms with Crippen LogP contribution in [0.1, 0.15) is 47.5 Å². The number of amides is 1. The van der Waals surface area contributed by atoms with Gasteiger partial charge in [-0.15, -0.1) is 11.3 Å². The van der Waals surface area contributed by atoms with Crippen molar-refractivity contribution in [3.63, 3.8) is 0 Å². The Balaban J connectivity index is 1.62. The summed E-state index contributed by atoms with van der Waals surface area (Å²) in [6.07, 6.45) is 8.21. The van der Waals surface area contributed by atoms with Crippen LogP contribution in [0.3, 0.4) is 0 Å². The van der Waals surface area contributed by atoms with Gasteiger partial charge in [-0.2, -0.15) is 0 Å². The molecule has 126 valence electrons. The van der Waals surface area contributed by atoms with E-state index < -0.39 is 0 Å². The number of rotatable bonds is 5. The maximum absolute atomic E-state index is 12.4. The van der Waals surface area contributed by atoms with Crippen molar-refractivity contribution in [2.24, 2.45) is 0 Å². The Labute approximate surface area is 151 Å². The highest BCUT2D eigenvalue weighted by Crippen LogP contribution is 2.28. The number of halogens is 1. The molecule has 0 bridgehead atoms. The molecule has 1 amide bonds. The van der Waals surface area contributed by atoms with E-state index in [4.69, 9.17) is 11.6 Å². The Morgan fingerprint density at radius 3 is 2.79 bits per heavy atom. The summed E-state index contributed by atoms with van der Waals surface area (Å²) in [5.74, 6) is -0.0263. The minimum Gasteiger partial charge on any atom is -0.351 e. The van der Waals surface area contributed by atoms with E-state index in [9.17, 15) is 4.79 Å². The monoisotopic (exact) mass is 360 g/mol. The molecule has 1 aromatic carbocycles. The van der Waals surface area contributed by atoms with Crippen molar-refractivity contribution in [1.82, 2.24) is 10.3 Å². The van der Waals surface area contributed by atoms with Gasteiger partial charge in [0.1, 0.15) is 9.88 Å². The highest BCUT2D eigenvalue weighted by atomic mass is 35.5. The van der Waals surface area contributed by atoms with Crippen LogP contribution in [-0.2, 0) is 0 Å². The van der Waals surface area contributed by atoms with E-state index in [0.717, 1.165) is 22.7 Å². The van der Waals surface area contributed by atoms with Crippen molar-refractivity contribution in [3.8, 4) is 10.6 Å². The molecule has 24 heavy (non-hydrogen) atoms. The number of thiazole rings is 1. The Bertz CT molecular complexity index is 749. The maximum atomic E-state index is 12.4. The second-order valence-corrected chi connectivity index (χ2v) is 7.49. The first-order valence-corrected chi connectivity index (χ1v) is 9.52. The van der Waals surface area contributed by atoms with E-state index in [-0.39, 0.29) is 5.91 Å². The van der Waals surface area contributed by atoms with Crippen LogP contribution in [0.4, 0.5) is 0 Å². The number of aromatic nitrogens is 1. The van der Waals surface area contributed by atoms with E-state index >= 15 is 0 Å². The molecule has 1 aliphatic carbocycles. The van der Waals surface area contributed by atoms with Crippen LogP contribution < -0.4 is 5.32 Å². The first-order valence-electron chi connectivity index (χ1n) is 8.33. The summed E-state index contributed by atoms with van der Waals surface area (Å²) >= 11 is 7.35. The Morgan fingerprint density at radius 2 is 2.08 bits per heavy atom. The average molecular weight is 361 g/mol. The molecule has 1 heterocycles. The van der Waals surface area contributed by atoms with Gasteiger partial charge in [-0.3, -0.25) is 4.79 Å². The van der Waals surface area contributed by atoms with Gasteiger partial charge in [0.2, 0.25) is 0 Å². The van der Waals surface area contributed by atoms with E-state index in [1.807, 2.05) is 31.2 Å². The molecule has 1 N–H and O–H groups in total. The standard InChI is InChI=1S/C19H21ClN2OS/c1-13-17(18(23)21-12-11-14-5-3-2-4-6-14)24-19(22-13)15-7-9-16(20)10-8-15/h5,7-10H,2-4,6,11-12H2,1H3,(H,21,23). The van der Waals surface area contributed by atoms with Gasteiger partial charge in [-0.05, 0) is 51.2 Å². The normalized spacial score (nSPS) is 14.3. The molecular weight excluding hydrogens is 340 g/mol. The smallest absolute Gasteiger partial charge is 0.263 e. The first kappa shape index (κ1) is 17.2. The largest absolute Gasteiger partial charge is 0.351 e. The fourth-order valence-corrected chi connectivity index (χ4v) is 3.99. The number of allylic oxidation sites excluding steroid dienone is 1. The van der Waals surface area contributed by atoms with Crippen LogP contribution in [0.15, 0.2) is 35.9 Å². The molecule has 0 fully saturated rings. The number of nitrogens with one attached hydrogen (secondary N) is 1. The van der Waals surface area contributed by atoms with Crippen molar-refractivity contribution in [2.45, 2.75) is 39.0 Å². The predicted octanol–water partition coefficient (Wildman–Crippen LogP) is 5.39. The molecule has 3 nitrogen and oxygen atoms in total. The van der Waals surface area contributed by atoms with E-state index in [0.29, 0.717) is 16.4 Å². The van der Waals surface area contributed by atoms with E-state index in [1.54, 1.807) is 0 Å². The quantitative estimate of drug-likeness (QED) is 0.726. The van der Waals surface area contributed by atoms with Gasteiger partial charge < -0.3 is 5.32 Å². The third-order valence-electron chi connectivity index (χ3n) is 4.21. The van der Waals surface area contributed by atoms with Crippen LogP contribution in [0.2, 0.25) is 5.02 Å². The number of carbonyl (C=O) groups excluding carboxylic acids is 1. The van der Waals surface area contributed by atoms with Gasteiger partial charge >= 0.3 is 0 Å². The Kier molecular flexibility index (Phi) is 5.69. The fraction of sp³-hybridized carbons (Fsp3) is 0.368. The lowest BCUT2D eigenvalue weighted by Crippen LogP contribution is -2.24. The predicted molar refractivity (Wildman–Crippen MR) is 101 cm³/mol. The number of hydrogen-bond donors (Lipinski definition) is 1. The number of benzene rings is 1. The lowest BCUT2D eigenvalue weighted by Gasteiger charge is -2.12. The van der Waals surface area contributed by atoms with Gasteiger partial charge in [0, 0.05) is 17.1 Å². The highest BCUT2D eigenvalue weighted by Gasteiger charge is 2.16. The third kappa shape index (κ3) is 4.25. The van der Waals surface area contributed by atoms with E-state index in [2.05, 4.69) is 16.4 Å². The molecule has 0 atom stereocenters. The van der Waals surface area contributed by atoms with Crippen LogP contribution in [-0.4, -0.2) is 17.4 Å². The molecule has 0 saturated heterocycles. The summed E-state index contributed by atoms with van der Waals surface area (Å²) in [6.45, 7) is 2.58. The SMILES string of the molecule is Cc1nc(-c2ccc(Cl)cc2)sc1C(=O)NCCC1=CCCCC1. The molecule has 3 rings (SSSR count). The van der Waals surface area contributed by atoms with Crippen LogP contribution >= 0.6 is 22.9 Å². The molecule has 0 saturated carbocycles. The van der Waals surface area contributed by atoms with Crippen molar-refractivity contribution < 1.29 is 4.79 Å². The van der Waals surface area contributed by atoms with Gasteiger partial charge in [0.15, 0.2) is 0 Å². The van der Waals surface area contributed by atoms with Crippen LogP contribution in [0.25, 0.3) is 10.6 Å².